The van der Waals surface area contributed by atoms with Crippen LogP contribution in [-0.4, -0.2) is 6.21 Å². The summed E-state index contributed by atoms with van der Waals surface area (Å²) in [6.45, 7) is 2.13. The number of hydrogen-bond donors (Lipinski definition) is 0. The largest absolute Gasteiger partial charge is 0.310 e. The van der Waals surface area contributed by atoms with E-state index in [1.54, 1.807) is 0 Å². The zero-order valence-electron chi connectivity index (χ0n) is 19.7. The Hall–Kier alpha value is -4.63. The average molecular weight is 454 g/mol. The standard InChI is InChI=1S/C32H27N3/c1-26-24-32(34(28-14-6-2-7-15-28)29-16-8-3-9-17-29)23-22-27(26)25-33-35(30-18-10-4-11-19-30)31-20-12-5-13-21-31/h2-25H,1H3/b33-25+. The Balaban J connectivity index is 1.49. The van der Waals surface area contributed by atoms with Crippen LogP contribution in [0.25, 0.3) is 0 Å². The fourth-order valence-corrected chi connectivity index (χ4v) is 4.09. The molecule has 0 amide bonds. The van der Waals surface area contributed by atoms with Gasteiger partial charge in [-0.1, -0.05) is 78.9 Å². The Bertz CT molecular complexity index is 1300. The van der Waals surface area contributed by atoms with E-state index in [-0.39, 0.29) is 0 Å². The van der Waals surface area contributed by atoms with E-state index >= 15 is 0 Å². The fourth-order valence-electron chi connectivity index (χ4n) is 4.09. The molecular weight excluding hydrogens is 426 g/mol. The third-order valence-corrected chi connectivity index (χ3v) is 5.85. The maximum Gasteiger partial charge on any atom is 0.0652 e. The Morgan fingerprint density at radius 1 is 0.486 bits per heavy atom. The summed E-state index contributed by atoms with van der Waals surface area (Å²) in [6, 6.07) is 47.9. The van der Waals surface area contributed by atoms with E-state index in [0.717, 1.165) is 39.6 Å². The van der Waals surface area contributed by atoms with Crippen LogP contribution in [0.1, 0.15) is 11.1 Å². The molecule has 0 spiro atoms. The molecule has 3 nitrogen and oxygen atoms in total. The first-order chi connectivity index (χ1) is 17.3. The monoisotopic (exact) mass is 453 g/mol. The van der Waals surface area contributed by atoms with Gasteiger partial charge in [-0.15, -0.1) is 0 Å². The molecule has 0 N–H and O–H groups in total. The van der Waals surface area contributed by atoms with Crippen molar-refractivity contribution in [1.82, 2.24) is 0 Å². The van der Waals surface area contributed by atoms with Crippen LogP contribution in [0.3, 0.4) is 0 Å². The molecule has 5 aromatic carbocycles. The normalized spacial score (nSPS) is 10.9. The van der Waals surface area contributed by atoms with Gasteiger partial charge in [0.25, 0.3) is 0 Å². The van der Waals surface area contributed by atoms with Gasteiger partial charge < -0.3 is 4.90 Å². The van der Waals surface area contributed by atoms with Crippen LogP contribution >= 0.6 is 0 Å². The molecule has 0 radical (unpaired) electrons. The number of aryl methyl sites for hydroxylation is 1. The smallest absolute Gasteiger partial charge is 0.0652 e. The number of benzene rings is 5. The minimum Gasteiger partial charge on any atom is -0.310 e. The number of anilines is 5. The highest BCUT2D eigenvalue weighted by atomic mass is 15.5. The number of hydrogen-bond acceptors (Lipinski definition) is 3. The number of para-hydroxylation sites is 4. The van der Waals surface area contributed by atoms with E-state index in [4.69, 9.17) is 5.10 Å². The number of hydrazone groups is 1. The minimum absolute atomic E-state index is 1.02. The summed E-state index contributed by atoms with van der Waals surface area (Å²) in [5.41, 5.74) is 7.63. The summed E-state index contributed by atoms with van der Waals surface area (Å²) in [4.78, 5) is 2.27. The third kappa shape index (κ3) is 5.15. The topological polar surface area (TPSA) is 18.8 Å². The van der Waals surface area contributed by atoms with Crippen molar-refractivity contribution >= 4 is 34.7 Å². The van der Waals surface area contributed by atoms with Crippen LogP contribution < -0.4 is 9.91 Å². The van der Waals surface area contributed by atoms with Crippen LogP contribution in [0, 0.1) is 6.92 Å². The molecule has 0 saturated carbocycles. The highest BCUT2D eigenvalue weighted by molar-refractivity contribution is 5.86. The second-order valence-corrected chi connectivity index (χ2v) is 8.27. The lowest BCUT2D eigenvalue weighted by Crippen LogP contribution is -2.11. The van der Waals surface area contributed by atoms with E-state index in [1.165, 1.54) is 0 Å². The first-order valence-electron chi connectivity index (χ1n) is 11.7. The molecule has 170 valence electrons. The predicted molar refractivity (Wildman–Crippen MR) is 148 cm³/mol. The molecule has 3 heteroatoms. The SMILES string of the molecule is Cc1cc(N(c2ccccc2)c2ccccc2)ccc1/C=N/N(c1ccccc1)c1ccccc1. The fraction of sp³-hybridized carbons (Fsp3) is 0.0312. The molecule has 0 fully saturated rings. The van der Waals surface area contributed by atoms with E-state index in [1.807, 2.05) is 59.8 Å². The van der Waals surface area contributed by atoms with Gasteiger partial charge in [-0.3, -0.25) is 0 Å². The summed E-state index contributed by atoms with van der Waals surface area (Å²) in [5.74, 6) is 0. The summed E-state index contributed by atoms with van der Waals surface area (Å²) < 4.78 is 0. The van der Waals surface area contributed by atoms with Crippen molar-refractivity contribution in [3.8, 4) is 0 Å². The molecule has 0 atom stereocenters. The van der Waals surface area contributed by atoms with E-state index in [0.29, 0.717) is 0 Å². The van der Waals surface area contributed by atoms with Crippen molar-refractivity contribution < 1.29 is 0 Å². The predicted octanol–water partition coefficient (Wildman–Crippen LogP) is 8.64. The maximum atomic E-state index is 4.88. The summed E-state index contributed by atoms with van der Waals surface area (Å²) in [5, 5.41) is 6.85. The molecule has 35 heavy (non-hydrogen) atoms. The van der Waals surface area contributed by atoms with E-state index < -0.39 is 0 Å². The van der Waals surface area contributed by atoms with Crippen molar-refractivity contribution in [3.05, 3.63) is 151 Å². The molecule has 0 heterocycles. The quantitative estimate of drug-likeness (QED) is 0.181. The van der Waals surface area contributed by atoms with Crippen LogP contribution in [0.4, 0.5) is 28.4 Å². The van der Waals surface area contributed by atoms with Gasteiger partial charge in [0.15, 0.2) is 0 Å². The first kappa shape index (κ1) is 22.2. The lowest BCUT2D eigenvalue weighted by Gasteiger charge is -2.26. The Morgan fingerprint density at radius 3 is 1.34 bits per heavy atom. The van der Waals surface area contributed by atoms with Crippen LogP contribution in [-0.2, 0) is 0 Å². The molecule has 0 aliphatic rings. The zero-order valence-corrected chi connectivity index (χ0v) is 19.7. The second-order valence-electron chi connectivity index (χ2n) is 8.27. The van der Waals surface area contributed by atoms with Gasteiger partial charge in [-0.2, -0.15) is 5.10 Å². The molecule has 0 unspecified atom stereocenters. The molecule has 0 bridgehead atoms. The molecule has 5 aromatic rings. The molecule has 0 aliphatic heterocycles. The molecule has 5 rings (SSSR count). The number of nitrogens with zero attached hydrogens (tertiary/aromatic N) is 3. The Labute approximate surface area is 207 Å². The Morgan fingerprint density at radius 2 is 0.914 bits per heavy atom. The van der Waals surface area contributed by atoms with Gasteiger partial charge in [-0.05, 0) is 78.7 Å². The zero-order chi connectivity index (χ0) is 23.9. The summed E-state index contributed by atoms with van der Waals surface area (Å²) >= 11 is 0. The Kier molecular flexibility index (Phi) is 6.67. The lowest BCUT2D eigenvalue weighted by atomic mass is 10.1. The summed E-state index contributed by atoms with van der Waals surface area (Å²) in [7, 11) is 0. The van der Waals surface area contributed by atoms with Gasteiger partial charge in [0.2, 0.25) is 0 Å². The van der Waals surface area contributed by atoms with Crippen molar-refractivity contribution in [2.45, 2.75) is 6.92 Å². The van der Waals surface area contributed by atoms with E-state index in [9.17, 15) is 0 Å². The average Bonchev–Trinajstić information content (AvgIpc) is 2.92. The summed E-state index contributed by atoms with van der Waals surface area (Å²) in [6.07, 6.45) is 1.94. The van der Waals surface area contributed by atoms with Crippen LogP contribution in [0.2, 0.25) is 0 Å². The highest BCUT2D eigenvalue weighted by Gasteiger charge is 2.13. The van der Waals surface area contributed by atoms with Gasteiger partial charge in [0, 0.05) is 17.1 Å². The second kappa shape index (κ2) is 10.5. The van der Waals surface area contributed by atoms with Crippen LogP contribution in [0.5, 0.6) is 0 Å². The van der Waals surface area contributed by atoms with Crippen molar-refractivity contribution in [3.63, 3.8) is 0 Å². The van der Waals surface area contributed by atoms with E-state index in [2.05, 4.69) is 103 Å². The molecule has 0 saturated heterocycles. The maximum absolute atomic E-state index is 4.88. The number of rotatable bonds is 7. The van der Waals surface area contributed by atoms with Crippen molar-refractivity contribution in [1.29, 1.82) is 0 Å². The van der Waals surface area contributed by atoms with Gasteiger partial charge in [-0.25, -0.2) is 5.01 Å². The minimum atomic E-state index is 1.02. The van der Waals surface area contributed by atoms with Gasteiger partial charge in [0.05, 0.1) is 17.6 Å². The van der Waals surface area contributed by atoms with Crippen LogP contribution in [0.15, 0.2) is 145 Å². The van der Waals surface area contributed by atoms with Gasteiger partial charge in [0.1, 0.15) is 0 Å². The third-order valence-electron chi connectivity index (χ3n) is 5.85. The van der Waals surface area contributed by atoms with Crippen molar-refractivity contribution in [2.24, 2.45) is 5.10 Å². The van der Waals surface area contributed by atoms with Crippen molar-refractivity contribution in [2.75, 3.05) is 9.91 Å². The molecule has 0 aromatic heterocycles. The highest BCUT2D eigenvalue weighted by Crippen LogP contribution is 2.35. The molecular formula is C32H27N3. The van der Waals surface area contributed by atoms with Gasteiger partial charge >= 0.3 is 0 Å². The molecule has 0 aliphatic carbocycles. The lowest BCUT2D eigenvalue weighted by molar-refractivity contribution is 1.09. The first-order valence-corrected chi connectivity index (χ1v) is 11.7.